The molecule has 0 atom stereocenters. The normalized spacial score (nSPS) is 12.3. The summed E-state index contributed by atoms with van der Waals surface area (Å²) in [6, 6.07) is 5.17. The number of aromatic nitrogens is 2. The Bertz CT molecular complexity index is 780. The van der Waals surface area contributed by atoms with Crippen LogP contribution in [0.15, 0.2) is 37.2 Å². The van der Waals surface area contributed by atoms with Crippen LogP contribution in [0.1, 0.15) is 0 Å². The second-order valence-corrected chi connectivity index (χ2v) is 4.83. The minimum Gasteiger partial charge on any atom is -0.486 e. The van der Waals surface area contributed by atoms with Crippen molar-refractivity contribution in [2.75, 3.05) is 30.4 Å². The van der Waals surface area contributed by atoms with Crippen LogP contribution in [0.3, 0.4) is 0 Å². The van der Waals surface area contributed by atoms with Crippen molar-refractivity contribution in [2.45, 2.75) is 0 Å². The highest BCUT2D eigenvalue weighted by atomic mass is 16.6. The van der Waals surface area contributed by atoms with Crippen molar-refractivity contribution >= 4 is 23.0 Å². The maximum absolute atomic E-state index is 11.4. The summed E-state index contributed by atoms with van der Waals surface area (Å²) in [7, 11) is 0. The Morgan fingerprint density at radius 2 is 2.00 bits per heavy atom. The first kappa shape index (κ1) is 15.5. The van der Waals surface area contributed by atoms with Crippen molar-refractivity contribution < 1.29 is 14.4 Å². The maximum atomic E-state index is 11.4. The van der Waals surface area contributed by atoms with Gasteiger partial charge in [-0.15, -0.1) is 6.58 Å². The number of nitro groups is 1. The molecule has 0 radical (unpaired) electrons. The van der Waals surface area contributed by atoms with Crippen LogP contribution in [0.25, 0.3) is 0 Å². The summed E-state index contributed by atoms with van der Waals surface area (Å²) in [6.45, 7) is 4.87. The van der Waals surface area contributed by atoms with Crippen molar-refractivity contribution in [2.24, 2.45) is 0 Å². The zero-order chi connectivity index (χ0) is 16.9. The van der Waals surface area contributed by atoms with Gasteiger partial charge >= 0.3 is 5.69 Å². The zero-order valence-corrected chi connectivity index (χ0v) is 12.7. The van der Waals surface area contributed by atoms with Gasteiger partial charge in [0.2, 0.25) is 11.6 Å². The largest absolute Gasteiger partial charge is 0.486 e. The van der Waals surface area contributed by atoms with E-state index >= 15 is 0 Å². The van der Waals surface area contributed by atoms with E-state index < -0.39 is 4.92 Å². The molecule has 0 unspecified atom stereocenters. The molecule has 0 saturated carbocycles. The molecule has 1 aliphatic rings. The molecule has 124 valence electrons. The minimum atomic E-state index is -0.536. The van der Waals surface area contributed by atoms with Crippen molar-refractivity contribution in [1.29, 1.82) is 0 Å². The van der Waals surface area contributed by atoms with E-state index in [-0.39, 0.29) is 17.3 Å². The SMILES string of the molecule is C=CCNc1ncnc(Nc2ccc3c(c2)OCCO3)c1[N+](=O)[O-]. The van der Waals surface area contributed by atoms with Crippen molar-refractivity contribution in [3.8, 4) is 11.5 Å². The number of nitrogens with one attached hydrogen (secondary N) is 2. The molecule has 3 rings (SSSR count). The number of rotatable bonds is 6. The zero-order valence-electron chi connectivity index (χ0n) is 12.7. The second kappa shape index (κ2) is 6.82. The molecule has 9 nitrogen and oxygen atoms in total. The van der Waals surface area contributed by atoms with Gasteiger partial charge in [0, 0.05) is 18.3 Å². The van der Waals surface area contributed by atoms with Gasteiger partial charge in [0.05, 0.1) is 4.92 Å². The van der Waals surface area contributed by atoms with Crippen LogP contribution in [-0.4, -0.2) is 34.6 Å². The van der Waals surface area contributed by atoms with E-state index in [4.69, 9.17) is 9.47 Å². The average Bonchev–Trinajstić information content (AvgIpc) is 2.59. The monoisotopic (exact) mass is 329 g/mol. The smallest absolute Gasteiger partial charge is 0.353 e. The molecule has 0 aliphatic carbocycles. The fourth-order valence-electron chi connectivity index (χ4n) is 2.20. The van der Waals surface area contributed by atoms with E-state index in [1.54, 1.807) is 24.3 Å². The quantitative estimate of drug-likeness (QED) is 0.472. The Hall–Kier alpha value is -3.36. The molecule has 0 bridgehead atoms. The van der Waals surface area contributed by atoms with E-state index in [1.807, 2.05) is 0 Å². The van der Waals surface area contributed by atoms with Gasteiger partial charge in [0.25, 0.3) is 0 Å². The van der Waals surface area contributed by atoms with Crippen molar-refractivity contribution in [1.82, 2.24) is 9.97 Å². The summed E-state index contributed by atoms with van der Waals surface area (Å²) >= 11 is 0. The Labute approximate surface area is 137 Å². The van der Waals surface area contributed by atoms with Gasteiger partial charge in [-0.1, -0.05) is 6.08 Å². The summed E-state index contributed by atoms with van der Waals surface area (Å²) in [5.74, 6) is 1.42. The number of hydrogen-bond acceptors (Lipinski definition) is 8. The first-order valence-electron chi connectivity index (χ1n) is 7.20. The number of anilines is 3. The van der Waals surface area contributed by atoms with Gasteiger partial charge in [-0.25, -0.2) is 9.97 Å². The number of nitrogens with zero attached hydrogens (tertiary/aromatic N) is 3. The Morgan fingerprint density at radius 3 is 2.75 bits per heavy atom. The van der Waals surface area contributed by atoms with Crippen LogP contribution in [0.4, 0.5) is 23.0 Å². The third-order valence-electron chi connectivity index (χ3n) is 3.22. The number of benzene rings is 1. The van der Waals surface area contributed by atoms with Crippen LogP contribution < -0.4 is 20.1 Å². The molecule has 1 aromatic heterocycles. The highest BCUT2D eigenvalue weighted by Gasteiger charge is 2.23. The maximum Gasteiger partial charge on any atom is 0.353 e. The third kappa shape index (κ3) is 3.19. The minimum absolute atomic E-state index is 0.0817. The molecule has 1 aromatic carbocycles. The van der Waals surface area contributed by atoms with Gasteiger partial charge in [-0.05, 0) is 12.1 Å². The molecule has 9 heteroatoms. The first-order chi connectivity index (χ1) is 11.7. The van der Waals surface area contributed by atoms with Gasteiger partial charge in [-0.3, -0.25) is 10.1 Å². The predicted molar refractivity (Wildman–Crippen MR) is 88.1 cm³/mol. The summed E-state index contributed by atoms with van der Waals surface area (Å²) in [5.41, 5.74) is 0.352. The summed E-state index contributed by atoms with van der Waals surface area (Å²) in [4.78, 5) is 18.8. The highest BCUT2D eigenvalue weighted by Crippen LogP contribution is 2.36. The second-order valence-electron chi connectivity index (χ2n) is 4.83. The Morgan fingerprint density at radius 1 is 1.25 bits per heavy atom. The molecule has 0 spiro atoms. The topological polar surface area (TPSA) is 111 Å². The van der Waals surface area contributed by atoms with Gasteiger partial charge in [-0.2, -0.15) is 0 Å². The molecule has 0 saturated heterocycles. The van der Waals surface area contributed by atoms with Crippen LogP contribution in [0, 0.1) is 10.1 Å². The fraction of sp³-hybridized carbons (Fsp3) is 0.200. The fourth-order valence-corrected chi connectivity index (χ4v) is 2.20. The lowest BCUT2D eigenvalue weighted by atomic mass is 10.2. The van der Waals surface area contributed by atoms with Crippen molar-refractivity contribution in [3.05, 3.63) is 47.3 Å². The predicted octanol–water partition coefficient (Wildman–Crippen LogP) is 2.50. The van der Waals surface area contributed by atoms with Crippen LogP contribution in [-0.2, 0) is 0 Å². The van der Waals surface area contributed by atoms with Crippen LogP contribution >= 0.6 is 0 Å². The average molecular weight is 329 g/mol. The molecular formula is C15H15N5O4. The molecule has 0 amide bonds. The lowest BCUT2D eigenvalue weighted by molar-refractivity contribution is -0.383. The summed E-state index contributed by atoms with van der Waals surface area (Å²) in [5, 5.41) is 17.2. The van der Waals surface area contributed by atoms with E-state index in [0.717, 1.165) is 0 Å². The number of fused-ring (bicyclic) bond motifs is 1. The lowest BCUT2D eigenvalue weighted by Crippen LogP contribution is -2.15. The molecule has 2 aromatic rings. The van der Waals surface area contributed by atoms with Crippen molar-refractivity contribution in [3.63, 3.8) is 0 Å². The van der Waals surface area contributed by atoms with E-state index in [9.17, 15) is 10.1 Å². The molecule has 1 aliphatic heterocycles. The van der Waals surface area contributed by atoms with E-state index in [1.165, 1.54) is 6.33 Å². The Kier molecular flexibility index (Phi) is 4.41. The van der Waals surface area contributed by atoms with Crippen LogP contribution in [0.2, 0.25) is 0 Å². The summed E-state index contributed by atoms with van der Waals surface area (Å²) < 4.78 is 10.9. The molecule has 24 heavy (non-hydrogen) atoms. The number of ether oxygens (including phenoxy) is 2. The molecule has 0 fully saturated rings. The Balaban J connectivity index is 1.91. The molecule has 2 heterocycles. The van der Waals surface area contributed by atoms with E-state index in [0.29, 0.717) is 36.9 Å². The molecule has 2 N–H and O–H groups in total. The first-order valence-corrected chi connectivity index (χ1v) is 7.20. The summed E-state index contributed by atoms with van der Waals surface area (Å²) in [6.07, 6.45) is 2.83. The number of hydrogen-bond donors (Lipinski definition) is 2. The molecular weight excluding hydrogens is 314 g/mol. The standard InChI is InChI=1S/C15H15N5O4/c1-2-5-16-14-13(20(21)22)15(18-9-17-14)19-10-3-4-11-12(8-10)24-7-6-23-11/h2-4,8-9H,1,5-7H2,(H2,16,17,18,19). The highest BCUT2D eigenvalue weighted by molar-refractivity contribution is 5.74. The van der Waals surface area contributed by atoms with Crippen LogP contribution in [0.5, 0.6) is 11.5 Å². The van der Waals surface area contributed by atoms with E-state index in [2.05, 4.69) is 27.2 Å². The third-order valence-corrected chi connectivity index (χ3v) is 3.22. The lowest BCUT2D eigenvalue weighted by Gasteiger charge is -2.19. The van der Waals surface area contributed by atoms with Gasteiger partial charge in [0.15, 0.2) is 11.5 Å². The van der Waals surface area contributed by atoms with Gasteiger partial charge < -0.3 is 20.1 Å². The van der Waals surface area contributed by atoms with Gasteiger partial charge in [0.1, 0.15) is 19.5 Å².